The molecule has 0 unspecified atom stereocenters. The predicted octanol–water partition coefficient (Wildman–Crippen LogP) is 2.30. The quantitative estimate of drug-likeness (QED) is 0.628. The predicted molar refractivity (Wildman–Crippen MR) is 81.6 cm³/mol. The van der Waals surface area contributed by atoms with E-state index in [0.717, 1.165) is 10.6 Å². The molecule has 0 fully saturated rings. The Labute approximate surface area is 124 Å². The third-order valence-corrected chi connectivity index (χ3v) is 4.34. The largest absolute Gasteiger partial charge is 0.489 e. The normalized spacial score (nSPS) is 12.1. The van der Waals surface area contributed by atoms with Crippen LogP contribution in [0.3, 0.4) is 0 Å². The SMILES string of the molecule is COc1c(N(C)S(C)(=O)=O)cc(C(C)(C)C)cc1[N+](=O)[O-]. The molecule has 0 spiro atoms. The zero-order chi connectivity index (χ0) is 16.6. The summed E-state index contributed by atoms with van der Waals surface area (Å²) < 4.78 is 29.5. The molecule has 0 aliphatic carbocycles. The number of nitrogens with zero attached hydrogens (tertiary/aromatic N) is 2. The van der Waals surface area contributed by atoms with Crippen molar-refractivity contribution in [2.45, 2.75) is 26.2 Å². The Balaban J connectivity index is 3.76. The fourth-order valence-corrected chi connectivity index (χ4v) is 2.28. The highest BCUT2D eigenvalue weighted by molar-refractivity contribution is 7.92. The molecule has 0 bridgehead atoms. The molecule has 1 rings (SSSR count). The van der Waals surface area contributed by atoms with Gasteiger partial charge in [-0.1, -0.05) is 20.8 Å². The van der Waals surface area contributed by atoms with Crippen LogP contribution in [0.25, 0.3) is 0 Å². The van der Waals surface area contributed by atoms with Crippen LogP contribution in [0.4, 0.5) is 11.4 Å². The number of anilines is 1. The number of methoxy groups -OCH3 is 1. The highest BCUT2D eigenvalue weighted by Gasteiger charge is 2.29. The Morgan fingerprint density at radius 1 is 1.29 bits per heavy atom. The van der Waals surface area contributed by atoms with Gasteiger partial charge in [-0.05, 0) is 17.0 Å². The van der Waals surface area contributed by atoms with Crippen LogP contribution in [0.2, 0.25) is 0 Å². The summed E-state index contributed by atoms with van der Waals surface area (Å²) in [5.74, 6) is -0.0686. The molecule has 21 heavy (non-hydrogen) atoms. The lowest BCUT2D eigenvalue weighted by Gasteiger charge is -2.24. The number of ether oxygens (including phenoxy) is 1. The molecule has 0 radical (unpaired) electrons. The van der Waals surface area contributed by atoms with E-state index in [4.69, 9.17) is 4.74 Å². The van der Waals surface area contributed by atoms with E-state index in [-0.39, 0.29) is 22.5 Å². The summed E-state index contributed by atoms with van der Waals surface area (Å²) in [6.45, 7) is 5.67. The van der Waals surface area contributed by atoms with Crippen molar-refractivity contribution in [3.05, 3.63) is 27.8 Å². The number of sulfonamides is 1. The van der Waals surface area contributed by atoms with Gasteiger partial charge in [0.1, 0.15) is 5.69 Å². The fraction of sp³-hybridized carbons (Fsp3) is 0.538. The van der Waals surface area contributed by atoms with E-state index in [1.807, 2.05) is 20.8 Å². The zero-order valence-electron chi connectivity index (χ0n) is 13.0. The van der Waals surface area contributed by atoms with Gasteiger partial charge < -0.3 is 4.74 Å². The van der Waals surface area contributed by atoms with Crippen molar-refractivity contribution in [1.82, 2.24) is 0 Å². The van der Waals surface area contributed by atoms with Crippen LogP contribution in [0, 0.1) is 10.1 Å². The van der Waals surface area contributed by atoms with Crippen LogP contribution in [0.5, 0.6) is 5.75 Å². The average Bonchev–Trinajstić information content (AvgIpc) is 2.33. The minimum Gasteiger partial charge on any atom is -0.489 e. The van der Waals surface area contributed by atoms with Crippen molar-refractivity contribution in [1.29, 1.82) is 0 Å². The molecule has 0 aromatic heterocycles. The summed E-state index contributed by atoms with van der Waals surface area (Å²) in [5.41, 5.74) is 0.180. The summed E-state index contributed by atoms with van der Waals surface area (Å²) in [5, 5.41) is 11.2. The molecule has 0 saturated carbocycles. The Bertz CT molecular complexity index is 662. The van der Waals surface area contributed by atoms with Gasteiger partial charge in [-0.25, -0.2) is 8.42 Å². The maximum Gasteiger partial charge on any atom is 0.313 e. The summed E-state index contributed by atoms with van der Waals surface area (Å²) >= 11 is 0. The molecular weight excluding hydrogens is 296 g/mol. The lowest BCUT2D eigenvalue weighted by atomic mass is 9.86. The van der Waals surface area contributed by atoms with Gasteiger partial charge in [0.2, 0.25) is 15.8 Å². The second kappa shape index (κ2) is 5.51. The van der Waals surface area contributed by atoms with Crippen molar-refractivity contribution < 1.29 is 18.1 Å². The molecule has 0 saturated heterocycles. The van der Waals surface area contributed by atoms with Gasteiger partial charge in [-0.2, -0.15) is 0 Å². The van der Waals surface area contributed by atoms with Crippen molar-refractivity contribution in [2.75, 3.05) is 24.7 Å². The van der Waals surface area contributed by atoms with E-state index in [2.05, 4.69) is 0 Å². The molecule has 0 amide bonds. The Kier molecular flexibility index (Phi) is 4.52. The van der Waals surface area contributed by atoms with E-state index >= 15 is 0 Å². The molecule has 0 heterocycles. The minimum absolute atomic E-state index is 0.0686. The molecule has 1 aromatic carbocycles. The third-order valence-electron chi connectivity index (χ3n) is 3.15. The molecule has 8 heteroatoms. The lowest BCUT2D eigenvalue weighted by molar-refractivity contribution is -0.385. The van der Waals surface area contributed by atoms with Crippen molar-refractivity contribution in [3.63, 3.8) is 0 Å². The maximum atomic E-state index is 11.7. The second-order valence-electron chi connectivity index (χ2n) is 5.79. The zero-order valence-corrected chi connectivity index (χ0v) is 13.8. The van der Waals surface area contributed by atoms with E-state index < -0.39 is 14.9 Å². The highest BCUT2D eigenvalue weighted by atomic mass is 32.2. The third kappa shape index (κ3) is 3.63. The number of hydrogen-bond acceptors (Lipinski definition) is 5. The van der Waals surface area contributed by atoms with Gasteiger partial charge in [-0.15, -0.1) is 0 Å². The molecule has 0 aliphatic rings. The number of nitro benzene ring substituents is 1. The Morgan fingerprint density at radius 2 is 1.81 bits per heavy atom. The number of hydrogen-bond donors (Lipinski definition) is 0. The van der Waals surface area contributed by atoms with Crippen molar-refractivity contribution in [3.8, 4) is 5.75 Å². The first-order chi connectivity index (χ1) is 9.39. The first kappa shape index (κ1) is 17.2. The van der Waals surface area contributed by atoms with Crippen molar-refractivity contribution in [2.24, 2.45) is 0 Å². The molecule has 1 aromatic rings. The molecule has 0 aliphatic heterocycles. The first-order valence-corrected chi connectivity index (χ1v) is 8.05. The van der Waals surface area contributed by atoms with Crippen LogP contribution in [-0.4, -0.2) is 33.8 Å². The standard InChI is InChI=1S/C13H20N2O5S/c1-13(2,3)9-7-10(14(4)21(6,18)19)12(20-5)11(8-9)15(16)17/h7-8H,1-6H3. The van der Waals surface area contributed by atoms with E-state index in [1.54, 1.807) is 6.07 Å². The fourth-order valence-electron chi connectivity index (χ4n) is 1.79. The molecule has 0 atom stereocenters. The molecule has 0 N–H and O–H groups in total. The highest BCUT2D eigenvalue weighted by Crippen LogP contribution is 2.41. The van der Waals surface area contributed by atoms with Crippen LogP contribution < -0.4 is 9.04 Å². The maximum absolute atomic E-state index is 11.7. The van der Waals surface area contributed by atoms with Gasteiger partial charge >= 0.3 is 5.69 Å². The van der Waals surface area contributed by atoms with E-state index in [9.17, 15) is 18.5 Å². The summed E-state index contributed by atoms with van der Waals surface area (Å²) in [7, 11) is -0.949. The van der Waals surface area contributed by atoms with Gasteiger partial charge in [0.25, 0.3) is 0 Å². The number of benzene rings is 1. The van der Waals surface area contributed by atoms with Gasteiger partial charge in [0, 0.05) is 13.1 Å². The van der Waals surface area contributed by atoms with Gasteiger partial charge in [0.15, 0.2) is 0 Å². The minimum atomic E-state index is -3.56. The van der Waals surface area contributed by atoms with E-state index in [1.165, 1.54) is 20.2 Å². The Morgan fingerprint density at radius 3 is 2.14 bits per heavy atom. The second-order valence-corrected chi connectivity index (χ2v) is 7.80. The number of rotatable bonds is 4. The number of nitro groups is 1. The topological polar surface area (TPSA) is 89.8 Å². The van der Waals surface area contributed by atoms with Gasteiger partial charge in [0.05, 0.1) is 18.3 Å². The van der Waals surface area contributed by atoms with Crippen LogP contribution in [0.15, 0.2) is 12.1 Å². The van der Waals surface area contributed by atoms with E-state index in [0.29, 0.717) is 5.56 Å². The summed E-state index contributed by atoms with van der Waals surface area (Å²) in [6.07, 6.45) is 1.03. The lowest BCUT2D eigenvalue weighted by Crippen LogP contribution is -2.26. The summed E-state index contributed by atoms with van der Waals surface area (Å²) in [6, 6.07) is 3.02. The summed E-state index contributed by atoms with van der Waals surface area (Å²) in [4.78, 5) is 10.7. The molecule has 7 nitrogen and oxygen atoms in total. The molecular formula is C13H20N2O5S. The van der Waals surface area contributed by atoms with Crippen LogP contribution >= 0.6 is 0 Å². The monoisotopic (exact) mass is 316 g/mol. The van der Waals surface area contributed by atoms with Crippen LogP contribution in [-0.2, 0) is 15.4 Å². The first-order valence-electron chi connectivity index (χ1n) is 6.20. The average molecular weight is 316 g/mol. The van der Waals surface area contributed by atoms with Crippen LogP contribution in [0.1, 0.15) is 26.3 Å². The smallest absolute Gasteiger partial charge is 0.313 e. The Hall–Kier alpha value is -1.83. The van der Waals surface area contributed by atoms with Gasteiger partial charge in [-0.3, -0.25) is 14.4 Å². The van der Waals surface area contributed by atoms with Crippen molar-refractivity contribution >= 4 is 21.4 Å². The molecule has 118 valence electrons.